The molecular formula is C12H18N2O. The summed E-state index contributed by atoms with van der Waals surface area (Å²) in [5.74, 6) is 0.0607. The minimum absolute atomic E-state index is 0.0607. The Kier molecular flexibility index (Phi) is 4.16. The average Bonchev–Trinajstić information content (AvgIpc) is 2.22. The lowest BCUT2D eigenvalue weighted by Crippen LogP contribution is -2.12. The van der Waals surface area contributed by atoms with Crippen molar-refractivity contribution in [3.63, 3.8) is 0 Å². The van der Waals surface area contributed by atoms with Crippen LogP contribution in [-0.4, -0.2) is 5.91 Å². The van der Waals surface area contributed by atoms with E-state index in [0.717, 1.165) is 24.1 Å². The van der Waals surface area contributed by atoms with Crippen molar-refractivity contribution in [2.45, 2.75) is 33.1 Å². The van der Waals surface area contributed by atoms with Crippen molar-refractivity contribution in [1.29, 1.82) is 0 Å². The van der Waals surface area contributed by atoms with E-state index in [1.54, 1.807) is 0 Å². The number of rotatable bonds is 4. The van der Waals surface area contributed by atoms with E-state index >= 15 is 0 Å². The number of benzene rings is 1. The summed E-state index contributed by atoms with van der Waals surface area (Å²) >= 11 is 0. The van der Waals surface area contributed by atoms with Gasteiger partial charge in [-0.25, -0.2) is 0 Å². The third kappa shape index (κ3) is 3.27. The quantitative estimate of drug-likeness (QED) is 0.744. The first-order chi connectivity index (χ1) is 7.15. The Labute approximate surface area is 90.7 Å². The standard InChI is InChI=1S/C12H18N2O/c1-3-4-8-12(15)14-11-7-5-6-10(13)9(11)2/h5-7H,3-4,8,13H2,1-2H3,(H,14,15). The van der Waals surface area contributed by atoms with Gasteiger partial charge in [-0.3, -0.25) is 4.79 Å². The second-order valence-corrected chi connectivity index (χ2v) is 3.67. The third-order valence-corrected chi connectivity index (χ3v) is 2.41. The summed E-state index contributed by atoms with van der Waals surface area (Å²) in [7, 11) is 0. The van der Waals surface area contributed by atoms with Gasteiger partial charge in [-0.2, -0.15) is 0 Å². The molecule has 0 radical (unpaired) electrons. The fraction of sp³-hybridized carbons (Fsp3) is 0.417. The van der Waals surface area contributed by atoms with Crippen LogP contribution < -0.4 is 11.1 Å². The number of carbonyl (C=O) groups is 1. The Bertz CT molecular complexity index is 347. The lowest BCUT2D eigenvalue weighted by Gasteiger charge is -2.09. The van der Waals surface area contributed by atoms with Crippen molar-refractivity contribution in [3.8, 4) is 0 Å². The summed E-state index contributed by atoms with van der Waals surface area (Å²) in [6, 6.07) is 5.55. The maximum Gasteiger partial charge on any atom is 0.224 e. The highest BCUT2D eigenvalue weighted by atomic mass is 16.1. The molecule has 0 spiro atoms. The fourth-order valence-corrected chi connectivity index (χ4v) is 1.34. The molecule has 0 fully saturated rings. The number of nitrogen functional groups attached to an aromatic ring is 1. The third-order valence-electron chi connectivity index (χ3n) is 2.41. The molecule has 3 N–H and O–H groups in total. The van der Waals surface area contributed by atoms with Crippen LogP contribution in [0.4, 0.5) is 11.4 Å². The van der Waals surface area contributed by atoms with E-state index in [0.29, 0.717) is 12.1 Å². The maximum atomic E-state index is 11.5. The first-order valence-corrected chi connectivity index (χ1v) is 5.30. The lowest BCUT2D eigenvalue weighted by atomic mass is 10.1. The van der Waals surface area contributed by atoms with Gasteiger partial charge in [-0.1, -0.05) is 19.4 Å². The van der Waals surface area contributed by atoms with Crippen molar-refractivity contribution in [1.82, 2.24) is 0 Å². The van der Waals surface area contributed by atoms with Crippen LogP contribution in [0.25, 0.3) is 0 Å². The van der Waals surface area contributed by atoms with Crippen molar-refractivity contribution in [3.05, 3.63) is 23.8 Å². The van der Waals surface area contributed by atoms with E-state index in [1.807, 2.05) is 25.1 Å². The summed E-state index contributed by atoms with van der Waals surface area (Å²) in [5, 5.41) is 2.87. The van der Waals surface area contributed by atoms with Gasteiger partial charge < -0.3 is 11.1 Å². The van der Waals surface area contributed by atoms with Crippen LogP contribution in [0.5, 0.6) is 0 Å². The second kappa shape index (κ2) is 5.39. The summed E-state index contributed by atoms with van der Waals surface area (Å²) in [6.45, 7) is 3.98. The number of nitrogens with two attached hydrogens (primary N) is 1. The molecule has 1 aromatic rings. The molecule has 0 bridgehead atoms. The average molecular weight is 206 g/mol. The number of nitrogens with one attached hydrogen (secondary N) is 1. The van der Waals surface area contributed by atoms with E-state index in [2.05, 4.69) is 12.2 Å². The number of anilines is 2. The van der Waals surface area contributed by atoms with Crippen molar-refractivity contribution >= 4 is 17.3 Å². The van der Waals surface area contributed by atoms with Gasteiger partial charge in [0.05, 0.1) is 0 Å². The highest BCUT2D eigenvalue weighted by molar-refractivity contribution is 5.92. The highest BCUT2D eigenvalue weighted by Gasteiger charge is 2.05. The van der Waals surface area contributed by atoms with Crippen molar-refractivity contribution in [2.75, 3.05) is 11.1 Å². The van der Waals surface area contributed by atoms with Crippen molar-refractivity contribution in [2.24, 2.45) is 0 Å². The Morgan fingerprint density at radius 2 is 2.20 bits per heavy atom. The predicted octanol–water partition coefficient (Wildman–Crippen LogP) is 2.71. The Morgan fingerprint density at radius 1 is 1.47 bits per heavy atom. The zero-order chi connectivity index (χ0) is 11.3. The molecule has 3 heteroatoms. The minimum Gasteiger partial charge on any atom is -0.398 e. The molecule has 82 valence electrons. The first kappa shape index (κ1) is 11.6. The second-order valence-electron chi connectivity index (χ2n) is 3.67. The molecule has 0 heterocycles. The van der Waals surface area contributed by atoms with Gasteiger partial charge >= 0.3 is 0 Å². The van der Waals surface area contributed by atoms with E-state index in [4.69, 9.17) is 5.73 Å². The van der Waals surface area contributed by atoms with Gasteiger partial charge in [-0.05, 0) is 31.0 Å². The van der Waals surface area contributed by atoms with Crippen LogP contribution in [0.1, 0.15) is 31.7 Å². The molecule has 15 heavy (non-hydrogen) atoms. The molecule has 0 aliphatic rings. The van der Waals surface area contributed by atoms with E-state index in [-0.39, 0.29) is 5.91 Å². The normalized spacial score (nSPS) is 10.0. The van der Waals surface area contributed by atoms with Crippen LogP contribution in [0.2, 0.25) is 0 Å². The van der Waals surface area contributed by atoms with Crippen molar-refractivity contribution < 1.29 is 4.79 Å². The smallest absolute Gasteiger partial charge is 0.224 e. The number of carbonyl (C=O) groups excluding carboxylic acids is 1. The van der Waals surface area contributed by atoms with Crippen LogP contribution in [0.3, 0.4) is 0 Å². The fourth-order valence-electron chi connectivity index (χ4n) is 1.34. The largest absolute Gasteiger partial charge is 0.398 e. The lowest BCUT2D eigenvalue weighted by molar-refractivity contribution is -0.116. The van der Waals surface area contributed by atoms with E-state index in [1.165, 1.54) is 0 Å². The zero-order valence-electron chi connectivity index (χ0n) is 9.34. The van der Waals surface area contributed by atoms with Gasteiger partial charge in [0.1, 0.15) is 0 Å². The Balaban J connectivity index is 2.64. The van der Waals surface area contributed by atoms with Gasteiger partial charge in [0.2, 0.25) is 5.91 Å². The van der Waals surface area contributed by atoms with Gasteiger partial charge in [-0.15, -0.1) is 0 Å². The molecule has 3 nitrogen and oxygen atoms in total. The molecule has 0 aromatic heterocycles. The monoisotopic (exact) mass is 206 g/mol. The number of hydrogen-bond acceptors (Lipinski definition) is 2. The summed E-state index contributed by atoms with van der Waals surface area (Å²) in [5.41, 5.74) is 8.21. The molecule has 1 aromatic carbocycles. The molecule has 0 unspecified atom stereocenters. The zero-order valence-corrected chi connectivity index (χ0v) is 9.34. The molecule has 0 aliphatic carbocycles. The number of hydrogen-bond donors (Lipinski definition) is 2. The number of unbranched alkanes of at least 4 members (excludes halogenated alkanes) is 1. The van der Waals surface area contributed by atoms with Gasteiger partial charge in [0, 0.05) is 17.8 Å². The molecule has 0 atom stereocenters. The minimum atomic E-state index is 0.0607. The SMILES string of the molecule is CCCCC(=O)Nc1cccc(N)c1C. The van der Waals surface area contributed by atoms with Gasteiger partial charge in [0.25, 0.3) is 0 Å². The van der Waals surface area contributed by atoms with Crippen LogP contribution in [0.15, 0.2) is 18.2 Å². The maximum absolute atomic E-state index is 11.5. The molecule has 0 aliphatic heterocycles. The molecule has 0 saturated carbocycles. The number of amides is 1. The summed E-state index contributed by atoms with van der Waals surface area (Å²) < 4.78 is 0. The molecule has 1 amide bonds. The van der Waals surface area contributed by atoms with Gasteiger partial charge in [0.15, 0.2) is 0 Å². The van der Waals surface area contributed by atoms with Crippen LogP contribution in [0, 0.1) is 6.92 Å². The molecule has 0 saturated heterocycles. The van der Waals surface area contributed by atoms with Crippen LogP contribution in [-0.2, 0) is 4.79 Å². The van der Waals surface area contributed by atoms with E-state index < -0.39 is 0 Å². The highest BCUT2D eigenvalue weighted by Crippen LogP contribution is 2.20. The first-order valence-electron chi connectivity index (χ1n) is 5.30. The van der Waals surface area contributed by atoms with Crippen LogP contribution >= 0.6 is 0 Å². The predicted molar refractivity (Wildman–Crippen MR) is 63.7 cm³/mol. The molecule has 1 rings (SSSR count). The summed E-state index contributed by atoms with van der Waals surface area (Å²) in [4.78, 5) is 11.5. The summed E-state index contributed by atoms with van der Waals surface area (Å²) in [6.07, 6.45) is 2.53. The Hall–Kier alpha value is -1.51. The molecular weight excluding hydrogens is 188 g/mol. The Morgan fingerprint density at radius 3 is 2.87 bits per heavy atom. The van der Waals surface area contributed by atoms with E-state index in [9.17, 15) is 4.79 Å². The topological polar surface area (TPSA) is 55.1 Å².